The molecule has 1 unspecified atom stereocenters. The van der Waals surface area contributed by atoms with E-state index in [1.54, 1.807) is 6.92 Å². The third kappa shape index (κ3) is 1.60. The predicted molar refractivity (Wildman–Crippen MR) is 34.4 cm³/mol. The molecule has 3 heteroatoms. The molecular weight excluding hydrogens is 165 g/mol. The van der Waals surface area contributed by atoms with Crippen molar-refractivity contribution < 1.29 is 4.79 Å². The zero-order valence-electron chi connectivity index (χ0n) is 4.90. The van der Waals surface area contributed by atoms with E-state index >= 15 is 0 Å². The van der Waals surface area contributed by atoms with Gasteiger partial charge in [0.15, 0.2) is 0 Å². The van der Waals surface area contributed by atoms with Gasteiger partial charge in [0.1, 0.15) is 0 Å². The molecule has 0 aromatic heterocycles. The summed E-state index contributed by atoms with van der Waals surface area (Å²) in [6.07, 6.45) is 0. The number of nitrogens with one attached hydrogen (secondary N) is 1. The molecule has 0 aliphatic carbocycles. The van der Waals surface area contributed by atoms with Gasteiger partial charge < -0.3 is 0 Å². The minimum atomic E-state index is -0.233. The van der Waals surface area contributed by atoms with Crippen LogP contribution in [0.1, 0.15) is 6.92 Å². The van der Waals surface area contributed by atoms with Gasteiger partial charge in [-0.1, -0.05) is 0 Å². The molecule has 0 aromatic carbocycles. The molecule has 8 heavy (non-hydrogen) atoms. The van der Waals surface area contributed by atoms with Crippen LogP contribution >= 0.6 is 0 Å². The molecule has 1 aliphatic heterocycles. The molecule has 0 saturated carbocycles. The van der Waals surface area contributed by atoms with Gasteiger partial charge in [-0.25, -0.2) is 0 Å². The van der Waals surface area contributed by atoms with Gasteiger partial charge in [-0.3, -0.25) is 0 Å². The van der Waals surface area contributed by atoms with Crippen molar-refractivity contribution in [3.63, 3.8) is 0 Å². The van der Waals surface area contributed by atoms with Gasteiger partial charge in [-0.2, -0.15) is 0 Å². The molecule has 1 fully saturated rings. The SMILES string of the molecule is CC(=O)[AsH]C1CNC1. The summed E-state index contributed by atoms with van der Waals surface area (Å²) in [5, 5.41) is 3.15. The van der Waals surface area contributed by atoms with Gasteiger partial charge in [0.2, 0.25) is 0 Å². The van der Waals surface area contributed by atoms with Crippen molar-refractivity contribution in [1.82, 2.24) is 5.32 Å². The van der Waals surface area contributed by atoms with E-state index in [1.165, 1.54) is 0 Å². The van der Waals surface area contributed by atoms with Gasteiger partial charge in [0.05, 0.1) is 0 Å². The van der Waals surface area contributed by atoms with Gasteiger partial charge in [-0.15, -0.1) is 0 Å². The van der Waals surface area contributed by atoms with Crippen molar-refractivity contribution in [2.24, 2.45) is 0 Å². The van der Waals surface area contributed by atoms with Crippen molar-refractivity contribution in [2.75, 3.05) is 13.1 Å². The van der Waals surface area contributed by atoms with Crippen LogP contribution in [0, 0.1) is 0 Å². The first-order chi connectivity index (χ1) is 3.79. The average Bonchev–Trinajstić information content (AvgIpc) is 1.55. The molecule has 2 nitrogen and oxygen atoms in total. The number of rotatable bonds is 2. The first kappa shape index (κ1) is 6.31. The Kier molecular flexibility index (Phi) is 2.09. The van der Waals surface area contributed by atoms with Crippen LogP contribution in [-0.2, 0) is 4.79 Å². The van der Waals surface area contributed by atoms with Crippen LogP contribution in [0.4, 0.5) is 0 Å². The van der Waals surface area contributed by atoms with E-state index in [2.05, 4.69) is 5.32 Å². The summed E-state index contributed by atoms with van der Waals surface area (Å²) in [5.41, 5.74) is 0. The molecule has 0 aromatic rings. The normalized spacial score (nSPS) is 21.6. The van der Waals surface area contributed by atoms with E-state index in [4.69, 9.17) is 0 Å². The molecule has 1 heterocycles. The predicted octanol–water partition coefficient (Wildman–Crippen LogP) is -0.639. The summed E-state index contributed by atoms with van der Waals surface area (Å²) >= 11 is -0.233. The van der Waals surface area contributed by atoms with Crippen LogP contribution in [0.15, 0.2) is 0 Å². The second-order valence-corrected chi connectivity index (χ2v) is 5.85. The summed E-state index contributed by atoms with van der Waals surface area (Å²) in [5.74, 6) is 0. The summed E-state index contributed by atoms with van der Waals surface area (Å²) in [4.78, 5) is 10.5. The Morgan fingerprint density at radius 1 is 1.75 bits per heavy atom. The number of hydrogen-bond donors (Lipinski definition) is 1. The van der Waals surface area contributed by atoms with Crippen LogP contribution in [-0.4, -0.2) is 33.4 Å². The first-order valence-electron chi connectivity index (χ1n) is 2.77. The van der Waals surface area contributed by atoms with E-state index < -0.39 is 0 Å². The van der Waals surface area contributed by atoms with Gasteiger partial charge in [0, 0.05) is 0 Å². The van der Waals surface area contributed by atoms with E-state index in [9.17, 15) is 4.79 Å². The van der Waals surface area contributed by atoms with Crippen LogP contribution in [0.2, 0.25) is 4.71 Å². The standard InChI is InChI=1S/C5H10AsNO/c1-4(8)6-5-2-7-3-5/h5-7H,2-3H2,1H3. The average molecular weight is 175 g/mol. The second-order valence-electron chi connectivity index (χ2n) is 2.06. The molecule has 0 radical (unpaired) electrons. The van der Waals surface area contributed by atoms with E-state index in [0.29, 0.717) is 4.57 Å². The first-order valence-corrected chi connectivity index (χ1v) is 5.03. The summed E-state index contributed by atoms with van der Waals surface area (Å²) in [7, 11) is 0. The van der Waals surface area contributed by atoms with Crippen LogP contribution in [0.5, 0.6) is 0 Å². The fourth-order valence-corrected chi connectivity index (χ4v) is 2.92. The molecule has 0 amide bonds. The Labute approximate surface area is 55.7 Å². The van der Waals surface area contributed by atoms with Crippen LogP contribution in [0.3, 0.4) is 0 Å². The Hall–Kier alpha value is 0.188. The number of carbonyl (C=O) groups excluding carboxylic acids is 1. The van der Waals surface area contributed by atoms with Crippen molar-refractivity contribution in [1.29, 1.82) is 0 Å². The topological polar surface area (TPSA) is 29.1 Å². The Morgan fingerprint density at radius 3 is 2.50 bits per heavy atom. The monoisotopic (exact) mass is 175 g/mol. The quantitative estimate of drug-likeness (QED) is 0.565. The molecule has 1 saturated heterocycles. The maximum atomic E-state index is 10.5. The summed E-state index contributed by atoms with van der Waals surface area (Å²) in [6, 6.07) is 0. The van der Waals surface area contributed by atoms with Crippen molar-refractivity contribution in [2.45, 2.75) is 11.6 Å². The van der Waals surface area contributed by atoms with Crippen molar-refractivity contribution in [3.8, 4) is 0 Å². The fraction of sp³-hybridized carbons (Fsp3) is 0.800. The second kappa shape index (κ2) is 2.65. The maximum absolute atomic E-state index is 10.5. The van der Waals surface area contributed by atoms with Crippen molar-refractivity contribution in [3.05, 3.63) is 0 Å². The van der Waals surface area contributed by atoms with E-state index in [-0.39, 0.29) is 15.8 Å². The van der Waals surface area contributed by atoms with Crippen molar-refractivity contribution >= 4 is 20.3 Å². The minimum absolute atomic E-state index is 0.233. The molecule has 1 atom stereocenters. The van der Waals surface area contributed by atoms with Gasteiger partial charge >= 0.3 is 55.2 Å². The Morgan fingerprint density at radius 2 is 2.38 bits per heavy atom. The summed E-state index contributed by atoms with van der Waals surface area (Å²) < 4.78 is 1.21. The summed E-state index contributed by atoms with van der Waals surface area (Å²) in [6.45, 7) is 3.90. The zero-order valence-corrected chi connectivity index (χ0v) is 7.00. The van der Waals surface area contributed by atoms with E-state index in [0.717, 1.165) is 17.8 Å². The number of carbonyl (C=O) groups is 1. The molecule has 1 aliphatic rings. The Bertz CT molecular complexity index is 101. The third-order valence-corrected chi connectivity index (χ3v) is 3.75. The fourth-order valence-electron chi connectivity index (χ4n) is 0.678. The van der Waals surface area contributed by atoms with Crippen LogP contribution in [0.25, 0.3) is 0 Å². The van der Waals surface area contributed by atoms with E-state index in [1.807, 2.05) is 0 Å². The third-order valence-electron chi connectivity index (χ3n) is 1.19. The molecular formula is C5H10AsNO. The molecule has 0 bridgehead atoms. The van der Waals surface area contributed by atoms with Gasteiger partial charge in [0.25, 0.3) is 0 Å². The van der Waals surface area contributed by atoms with Crippen LogP contribution < -0.4 is 5.32 Å². The molecule has 0 spiro atoms. The Balaban J connectivity index is 2.09. The zero-order chi connectivity index (χ0) is 5.98. The molecule has 1 N–H and O–H groups in total. The molecule has 46 valence electrons. The van der Waals surface area contributed by atoms with Gasteiger partial charge in [-0.05, 0) is 0 Å². The number of hydrogen-bond acceptors (Lipinski definition) is 2. The molecule has 1 rings (SSSR count).